The fourth-order valence-electron chi connectivity index (χ4n) is 2.08. The molecule has 0 spiro atoms. The van der Waals surface area contributed by atoms with Crippen LogP contribution in [-0.4, -0.2) is 54.1 Å². The second-order valence-corrected chi connectivity index (χ2v) is 6.45. The molecule has 0 saturated carbocycles. The summed E-state index contributed by atoms with van der Waals surface area (Å²) in [6, 6.07) is 5.37. The molecule has 24 heavy (non-hydrogen) atoms. The molecule has 1 aliphatic heterocycles. The predicted molar refractivity (Wildman–Crippen MR) is 98.4 cm³/mol. The van der Waals surface area contributed by atoms with Gasteiger partial charge in [0.05, 0.1) is 20.0 Å². The molecule has 0 bridgehead atoms. The monoisotopic (exact) mass is 366 g/mol. The number of thioether (sulfide) groups is 1. The third-order valence-corrected chi connectivity index (χ3v) is 4.74. The maximum absolute atomic E-state index is 11.8. The van der Waals surface area contributed by atoms with E-state index in [2.05, 4.69) is 5.32 Å². The van der Waals surface area contributed by atoms with Crippen molar-refractivity contribution in [2.45, 2.75) is 0 Å². The zero-order chi connectivity index (χ0) is 17.5. The number of carbonyl (C=O) groups excluding carboxylic acids is 2. The highest BCUT2D eigenvalue weighted by molar-refractivity contribution is 8.23. The number of rotatable bonds is 7. The summed E-state index contributed by atoms with van der Waals surface area (Å²) in [6.07, 6.45) is 3.11. The number of nitrogens with one attached hydrogen (secondary N) is 1. The number of thiocarbonyl (C=S) groups is 1. The summed E-state index contributed by atoms with van der Waals surface area (Å²) in [4.78, 5) is 24.9. The van der Waals surface area contributed by atoms with Crippen LogP contribution >= 0.6 is 24.0 Å². The molecule has 1 N–H and O–H groups in total. The minimum absolute atomic E-state index is 0.0138. The first-order chi connectivity index (χ1) is 11.5. The van der Waals surface area contributed by atoms with Gasteiger partial charge >= 0.3 is 0 Å². The Kier molecular flexibility index (Phi) is 6.62. The Morgan fingerprint density at radius 3 is 2.75 bits per heavy atom. The van der Waals surface area contributed by atoms with Crippen molar-refractivity contribution in [1.82, 2.24) is 10.2 Å². The van der Waals surface area contributed by atoms with E-state index in [9.17, 15) is 9.59 Å². The van der Waals surface area contributed by atoms with E-state index in [0.29, 0.717) is 34.7 Å². The van der Waals surface area contributed by atoms with E-state index in [0.717, 1.165) is 5.56 Å². The van der Waals surface area contributed by atoms with Crippen LogP contribution in [0.5, 0.6) is 11.5 Å². The lowest BCUT2D eigenvalue weighted by atomic mass is 10.2. The molecule has 0 atom stereocenters. The largest absolute Gasteiger partial charge is 0.493 e. The number of hydrogen-bond acceptors (Lipinski definition) is 6. The van der Waals surface area contributed by atoms with E-state index in [1.165, 1.54) is 22.7 Å². The second-order valence-electron chi connectivity index (χ2n) is 4.84. The first kappa shape index (κ1) is 18.3. The molecule has 1 fully saturated rings. The summed E-state index contributed by atoms with van der Waals surface area (Å²) < 4.78 is 10.9. The molecule has 6 nitrogen and oxygen atoms in total. The molecule has 1 aromatic rings. The van der Waals surface area contributed by atoms with Gasteiger partial charge in [0.1, 0.15) is 4.32 Å². The minimum Gasteiger partial charge on any atom is -0.493 e. The Balaban J connectivity index is 1.84. The Hall–Kier alpha value is -2.06. The Morgan fingerprint density at radius 2 is 2.12 bits per heavy atom. The van der Waals surface area contributed by atoms with Crippen LogP contribution in [0.15, 0.2) is 24.3 Å². The van der Waals surface area contributed by atoms with Gasteiger partial charge in [-0.2, -0.15) is 0 Å². The Morgan fingerprint density at radius 1 is 1.38 bits per heavy atom. The maximum Gasteiger partial charge on any atom is 0.244 e. The average molecular weight is 366 g/mol. The second kappa shape index (κ2) is 8.70. The van der Waals surface area contributed by atoms with Gasteiger partial charge in [0, 0.05) is 19.2 Å². The van der Waals surface area contributed by atoms with Crippen LogP contribution < -0.4 is 14.8 Å². The molecule has 0 radical (unpaired) electrons. The quantitative estimate of drug-likeness (QED) is 0.585. The van der Waals surface area contributed by atoms with Crippen LogP contribution in [0.25, 0.3) is 6.08 Å². The summed E-state index contributed by atoms with van der Waals surface area (Å²) in [7, 11) is 3.12. The van der Waals surface area contributed by atoms with E-state index in [-0.39, 0.29) is 11.8 Å². The summed E-state index contributed by atoms with van der Waals surface area (Å²) >= 11 is 6.42. The molecular weight excluding hydrogens is 348 g/mol. The molecule has 1 aromatic carbocycles. The molecule has 2 rings (SSSR count). The molecule has 2 amide bonds. The molecule has 0 unspecified atom stereocenters. The standard InChI is InChI=1S/C16H18N2O4S2/c1-21-12-5-3-11(9-13(12)22-2)4-6-14(19)17-7-8-18-15(20)10-24-16(18)23/h3-6,9H,7-8,10H2,1-2H3,(H,17,19)/b6-4+. The van der Waals surface area contributed by atoms with Crippen molar-refractivity contribution in [2.24, 2.45) is 0 Å². The Bertz CT molecular complexity index is 660. The average Bonchev–Trinajstić information content (AvgIpc) is 2.91. The van der Waals surface area contributed by atoms with Crippen molar-refractivity contribution in [3.63, 3.8) is 0 Å². The smallest absolute Gasteiger partial charge is 0.244 e. The van der Waals surface area contributed by atoms with Crippen molar-refractivity contribution in [1.29, 1.82) is 0 Å². The van der Waals surface area contributed by atoms with E-state index in [1.54, 1.807) is 32.4 Å². The molecule has 1 saturated heterocycles. The lowest BCUT2D eigenvalue weighted by Gasteiger charge is -2.14. The summed E-state index contributed by atoms with van der Waals surface area (Å²) in [6.45, 7) is 0.738. The van der Waals surface area contributed by atoms with Gasteiger partial charge in [-0.15, -0.1) is 0 Å². The first-order valence-corrected chi connectivity index (χ1v) is 8.59. The molecule has 8 heteroatoms. The van der Waals surface area contributed by atoms with Crippen molar-refractivity contribution in [2.75, 3.05) is 33.1 Å². The topological polar surface area (TPSA) is 67.9 Å². The highest BCUT2D eigenvalue weighted by atomic mass is 32.2. The van der Waals surface area contributed by atoms with Crippen LogP contribution in [0, 0.1) is 0 Å². The lowest BCUT2D eigenvalue weighted by molar-refractivity contribution is -0.124. The molecule has 0 aromatic heterocycles. The van der Waals surface area contributed by atoms with Crippen LogP contribution in [0.2, 0.25) is 0 Å². The van der Waals surface area contributed by atoms with Gasteiger partial charge in [0.15, 0.2) is 11.5 Å². The molecule has 0 aliphatic carbocycles. The molecule has 1 heterocycles. The van der Waals surface area contributed by atoms with Gasteiger partial charge in [-0.1, -0.05) is 30.0 Å². The van der Waals surface area contributed by atoms with Crippen LogP contribution in [-0.2, 0) is 9.59 Å². The fraction of sp³-hybridized carbons (Fsp3) is 0.312. The highest BCUT2D eigenvalue weighted by Crippen LogP contribution is 2.27. The van der Waals surface area contributed by atoms with Crippen molar-refractivity contribution >= 4 is 46.2 Å². The molecule has 1 aliphatic rings. The minimum atomic E-state index is -0.241. The summed E-state index contributed by atoms with van der Waals surface area (Å²) in [5.41, 5.74) is 0.815. The van der Waals surface area contributed by atoms with Crippen LogP contribution in [0.4, 0.5) is 0 Å². The SMILES string of the molecule is COc1ccc(/C=C/C(=O)NCCN2C(=O)CSC2=S)cc1OC. The third kappa shape index (κ3) is 4.72. The summed E-state index contributed by atoms with van der Waals surface area (Å²) in [5.74, 6) is 1.35. The van der Waals surface area contributed by atoms with Gasteiger partial charge in [0.2, 0.25) is 11.8 Å². The normalized spacial score (nSPS) is 14.3. The zero-order valence-electron chi connectivity index (χ0n) is 13.4. The lowest BCUT2D eigenvalue weighted by Crippen LogP contribution is -2.36. The number of methoxy groups -OCH3 is 2. The van der Waals surface area contributed by atoms with Crippen molar-refractivity contribution < 1.29 is 19.1 Å². The third-order valence-electron chi connectivity index (χ3n) is 3.31. The summed E-state index contributed by atoms with van der Waals surface area (Å²) in [5, 5.41) is 2.73. The van der Waals surface area contributed by atoms with E-state index >= 15 is 0 Å². The van der Waals surface area contributed by atoms with Gasteiger partial charge in [-0.3, -0.25) is 14.5 Å². The van der Waals surface area contributed by atoms with Gasteiger partial charge in [0.25, 0.3) is 0 Å². The van der Waals surface area contributed by atoms with Crippen LogP contribution in [0.1, 0.15) is 5.56 Å². The number of amides is 2. The number of carbonyl (C=O) groups is 2. The van der Waals surface area contributed by atoms with Gasteiger partial charge in [-0.25, -0.2) is 0 Å². The fourth-order valence-corrected chi connectivity index (χ4v) is 3.20. The van der Waals surface area contributed by atoms with E-state index in [4.69, 9.17) is 21.7 Å². The number of hydrogen-bond donors (Lipinski definition) is 1. The first-order valence-electron chi connectivity index (χ1n) is 7.20. The Labute approximate surface area is 150 Å². The molecule has 128 valence electrons. The van der Waals surface area contributed by atoms with Gasteiger partial charge in [-0.05, 0) is 23.8 Å². The number of nitrogens with zero attached hydrogens (tertiary/aromatic N) is 1. The van der Waals surface area contributed by atoms with E-state index < -0.39 is 0 Å². The van der Waals surface area contributed by atoms with Gasteiger partial charge < -0.3 is 14.8 Å². The van der Waals surface area contributed by atoms with Crippen LogP contribution in [0.3, 0.4) is 0 Å². The zero-order valence-corrected chi connectivity index (χ0v) is 15.0. The predicted octanol–water partition coefficient (Wildman–Crippen LogP) is 1.69. The van der Waals surface area contributed by atoms with Crippen molar-refractivity contribution in [3.8, 4) is 11.5 Å². The number of benzene rings is 1. The maximum atomic E-state index is 11.8. The number of ether oxygens (including phenoxy) is 2. The van der Waals surface area contributed by atoms with E-state index in [1.807, 2.05) is 6.07 Å². The molecular formula is C16H18N2O4S2. The van der Waals surface area contributed by atoms with Crippen molar-refractivity contribution in [3.05, 3.63) is 29.8 Å². The highest BCUT2D eigenvalue weighted by Gasteiger charge is 2.25.